The Morgan fingerprint density at radius 1 is 1.05 bits per heavy atom. The summed E-state index contributed by atoms with van der Waals surface area (Å²) in [5.74, 6) is 0. The predicted molar refractivity (Wildman–Crippen MR) is 178 cm³/mol. The van der Waals surface area contributed by atoms with Crippen molar-refractivity contribution in [3.8, 4) is 11.1 Å². The Hall–Kier alpha value is -2.76. The number of thiol groups is 1. The lowest BCUT2D eigenvalue weighted by atomic mass is 9.81. The first-order valence-corrected chi connectivity index (χ1v) is 14.9. The van der Waals surface area contributed by atoms with Crippen LogP contribution in [0.15, 0.2) is 93.6 Å². The van der Waals surface area contributed by atoms with Gasteiger partial charge in [0.15, 0.2) is 0 Å². The lowest BCUT2D eigenvalue weighted by Crippen LogP contribution is -2.17. The van der Waals surface area contributed by atoms with Crippen LogP contribution in [0.1, 0.15) is 86.3 Å². The average molecular weight is 564 g/mol. The average Bonchev–Trinajstić information content (AvgIpc) is 3.17. The van der Waals surface area contributed by atoms with Gasteiger partial charge in [-0.1, -0.05) is 108 Å². The first kappa shape index (κ1) is 34.3. The molecular weight excluding hydrogens is 519 g/mol. The monoisotopic (exact) mass is 563 g/mol. The molecule has 0 radical (unpaired) electrons. The molecule has 0 aliphatic heterocycles. The molecule has 0 aromatic heterocycles. The smallest absolute Gasteiger partial charge is 0.258 e. The first-order valence-electron chi connectivity index (χ1n) is 13.7. The number of hydrogen-bond donors (Lipinski definition) is 1. The molecule has 0 spiro atoms. The van der Waals surface area contributed by atoms with E-state index in [9.17, 15) is 10.1 Å². The number of benzene rings is 2. The van der Waals surface area contributed by atoms with Crippen molar-refractivity contribution < 1.29 is 4.92 Å². The molecule has 1 aliphatic carbocycles. The molecule has 0 atom stereocenters. The predicted octanol–water partition coefficient (Wildman–Crippen LogP) is 11.7. The third kappa shape index (κ3) is 8.12. The maximum atomic E-state index is 11.6. The van der Waals surface area contributed by atoms with Gasteiger partial charge in [-0.25, -0.2) is 0 Å². The number of nitro groups is 1. The van der Waals surface area contributed by atoms with Crippen molar-refractivity contribution in [2.75, 3.05) is 0 Å². The SMILES string of the molecule is C/C=C\C.C=C(S)/C(S/C(=C/C)CCC)=C1\C(=C/C)c2ccc(-c3ccccc3[N+](=O)[O-])cc2C1(C)C.CC. The largest absolute Gasteiger partial charge is 0.277 e. The summed E-state index contributed by atoms with van der Waals surface area (Å²) in [6, 6.07) is 13.1. The number of nitro benzene ring substituents is 1. The number of para-hydroxylation sites is 1. The van der Waals surface area contributed by atoms with Crippen LogP contribution >= 0.6 is 24.4 Å². The highest BCUT2D eigenvalue weighted by molar-refractivity contribution is 8.08. The van der Waals surface area contributed by atoms with Gasteiger partial charge >= 0.3 is 0 Å². The van der Waals surface area contributed by atoms with E-state index < -0.39 is 0 Å². The fraction of sp³-hybridized carbons (Fsp3) is 0.353. The Labute approximate surface area is 246 Å². The van der Waals surface area contributed by atoms with Crippen LogP contribution in [-0.4, -0.2) is 4.92 Å². The minimum Gasteiger partial charge on any atom is -0.258 e. The van der Waals surface area contributed by atoms with Gasteiger partial charge in [-0.2, -0.15) is 0 Å². The second kappa shape index (κ2) is 16.4. The molecule has 0 fully saturated rings. The van der Waals surface area contributed by atoms with Crippen molar-refractivity contribution in [2.45, 2.75) is 80.6 Å². The standard InChI is InChI=1S/C28H31NO2S2.C4H8.C2H6/c1-7-12-20(8-2)33-27(18(4)32)26-21(9-3)23-16-15-19(17-24(23)28(26,5)6)22-13-10-11-14-25(22)29(30)31;1-3-4-2;1-2/h8-11,13-17,32H,4,7,12H2,1-3,5-6H3;3-4H,1-2H3;1-2H3/b20-8+,21-9-,27-26-;4-3-;. The molecule has 2 aromatic carbocycles. The normalized spacial score (nSPS) is 16.2. The molecule has 39 heavy (non-hydrogen) atoms. The van der Waals surface area contributed by atoms with Crippen LogP contribution in [0.3, 0.4) is 0 Å². The summed E-state index contributed by atoms with van der Waals surface area (Å²) >= 11 is 6.45. The highest BCUT2D eigenvalue weighted by Gasteiger charge is 2.40. The molecule has 0 heterocycles. The van der Waals surface area contributed by atoms with Gasteiger partial charge in [-0.15, -0.1) is 12.6 Å². The summed E-state index contributed by atoms with van der Waals surface area (Å²) in [6.07, 6.45) is 10.4. The molecule has 0 unspecified atom stereocenters. The number of fused-ring (bicyclic) bond motifs is 1. The van der Waals surface area contributed by atoms with Gasteiger partial charge in [-0.3, -0.25) is 10.1 Å². The Kier molecular flexibility index (Phi) is 14.4. The molecule has 0 N–H and O–H groups in total. The zero-order valence-corrected chi connectivity index (χ0v) is 26.8. The van der Waals surface area contributed by atoms with E-state index in [2.05, 4.69) is 65.5 Å². The van der Waals surface area contributed by atoms with Crippen LogP contribution in [-0.2, 0) is 5.41 Å². The zero-order chi connectivity index (χ0) is 29.8. The fourth-order valence-corrected chi connectivity index (χ4v) is 6.06. The number of allylic oxidation sites excluding steroid dienone is 7. The van der Waals surface area contributed by atoms with Gasteiger partial charge < -0.3 is 0 Å². The third-order valence-electron chi connectivity index (χ3n) is 6.45. The maximum absolute atomic E-state index is 11.6. The van der Waals surface area contributed by atoms with E-state index in [0.29, 0.717) is 5.56 Å². The van der Waals surface area contributed by atoms with Crippen molar-refractivity contribution >= 4 is 35.7 Å². The van der Waals surface area contributed by atoms with Gasteiger partial charge in [0.05, 0.1) is 10.5 Å². The minimum absolute atomic E-state index is 0.118. The molecule has 210 valence electrons. The summed E-state index contributed by atoms with van der Waals surface area (Å²) in [4.78, 5) is 14.4. The summed E-state index contributed by atoms with van der Waals surface area (Å²) in [7, 11) is 0. The molecule has 3 rings (SSSR count). The van der Waals surface area contributed by atoms with Crippen LogP contribution < -0.4 is 0 Å². The van der Waals surface area contributed by atoms with Crippen LogP contribution in [0, 0.1) is 10.1 Å². The van der Waals surface area contributed by atoms with Gasteiger partial charge in [0.2, 0.25) is 0 Å². The van der Waals surface area contributed by atoms with Crippen LogP contribution in [0.2, 0.25) is 0 Å². The molecule has 0 amide bonds. The van der Waals surface area contributed by atoms with Crippen LogP contribution in [0.25, 0.3) is 16.7 Å². The van der Waals surface area contributed by atoms with Gasteiger partial charge in [0.25, 0.3) is 5.69 Å². The van der Waals surface area contributed by atoms with Gasteiger partial charge in [-0.05, 0) is 79.0 Å². The van der Waals surface area contributed by atoms with Crippen LogP contribution in [0.5, 0.6) is 0 Å². The van der Waals surface area contributed by atoms with Crippen molar-refractivity contribution in [1.82, 2.24) is 0 Å². The van der Waals surface area contributed by atoms with Gasteiger partial charge in [0, 0.05) is 21.3 Å². The molecule has 0 saturated carbocycles. The van der Waals surface area contributed by atoms with Gasteiger partial charge in [0.1, 0.15) is 0 Å². The van der Waals surface area contributed by atoms with E-state index >= 15 is 0 Å². The fourth-order valence-electron chi connectivity index (χ4n) is 4.54. The van der Waals surface area contributed by atoms with Crippen molar-refractivity contribution in [3.63, 3.8) is 0 Å². The van der Waals surface area contributed by atoms with Crippen molar-refractivity contribution in [3.05, 3.63) is 115 Å². The summed E-state index contributed by atoms with van der Waals surface area (Å²) < 4.78 is 0. The van der Waals surface area contributed by atoms with Crippen LogP contribution in [0.4, 0.5) is 5.69 Å². The number of rotatable bonds is 7. The Balaban J connectivity index is 0.00000116. The molecule has 0 saturated heterocycles. The molecule has 0 bridgehead atoms. The quantitative estimate of drug-likeness (QED) is 0.158. The number of nitrogens with zero attached hydrogens (tertiary/aromatic N) is 1. The second-order valence-corrected chi connectivity index (χ2v) is 11.0. The van der Waals surface area contributed by atoms with E-state index in [1.165, 1.54) is 16.1 Å². The summed E-state index contributed by atoms with van der Waals surface area (Å²) in [5, 5.41) is 11.6. The molecule has 1 aliphatic rings. The van der Waals surface area contributed by atoms with Crippen molar-refractivity contribution in [2.24, 2.45) is 0 Å². The third-order valence-corrected chi connectivity index (χ3v) is 8.18. The zero-order valence-electron chi connectivity index (χ0n) is 25.1. The highest BCUT2D eigenvalue weighted by Crippen LogP contribution is 2.55. The Morgan fingerprint density at radius 3 is 2.15 bits per heavy atom. The van der Waals surface area contributed by atoms with E-state index in [1.54, 1.807) is 23.9 Å². The Morgan fingerprint density at radius 2 is 1.67 bits per heavy atom. The lowest BCUT2D eigenvalue weighted by molar-refractivity contribution is -0.384. The van der Waals surface area contributed by atoms with E-state index in [1.807, 2.05) is 58.0 Å². The second-order valence-electron chi connectivity index (χ2n) is 9.29. The van der Waals surface area contributed by atoms with E-state index in [0.717, 1.165) is 39.3 Å². The molecule has 2 aromatic rings. The topological polar surface area (TPSA) is 43.1 Å². The summed E-state index contributed by atoms with van der Waals surface area (Å²) in [6.45, 7) is 22.9. The lowest BCUT2D eigenvalue weighted by Gasteiger charge is -2.26. The molecule has 5 heteroatoms. The minimum atomic E-state index is -0.317. The number of thioether (sulfide) groups is 1. The molecule has 3 nitrogen and oxygen atoms in total. The Bertz CT molecular complexity index is 1280. The molecular formula is C34H45NO2S2. The maximum Gasteiger partial charge on any atom is 0.277 e. The highest BCUT2D eigenvalue weighted by atomic mass is 32.2. The van der Waals surface area contributed by atoms with E-state index in [4.69, 9.17) is 12.6 Å². The first-order chi connectivity index (χ1) is 18.6. The van der Waals surface area contributed by atoms with Crippen molar-refractivity contribution in [1.29, 1.82) is 0 Å². The van der Waals surface area contributed by atoms with E-state index in [-0.39, 0.29) is 16.0 Å². The summed E-state index contributed by atoms with van der Waals surface area (Å²) in [5.41, 5.74) is 5.99. The number of hydrogen-bond acceptors (Lipinski definition) is 4.